The van der Waals surface area contributed by atoms with Crippen LogP contribution in [0.3, 0.4) is 0 Å². The molecule has 1 rings (SSSR count). The van der Waals surface area contributed by atoms with Crippen molar-refractivity contribution in [3.63, 3.8) is 0 Å². The lowest BCUT2D eigenvalue weighted by Gasteiger charge is -2.27. The van der Waals surface area contributed by atoms with Crippen LogP contribution in [-0.2, 0) is 0 Å². The molecule has 3 heteroatoms. The van der Waals surface area contributed by atoms with Crippen molar-refractivity contribution in [3.05, 3.63) is 0 Å². The van der Waals surface area contributed by atoms with Crippen LogP contribution in [-0.4, -0.2) is 60.3 Å². The lowest BCUT2D eigenvalue weighted by Crippen LogP contribution is -2.39. The molecule has 1 N–H and O–H groups in total. The molecule has 1 atom stereocenters. The third-order valence-corrected chi connectivity index (χ3v) is 3.08. The highest BCUT2D eigenvalue weighted by molar-refractivity contribution is 4.70. The first-order valence-electron chi connectivity index (χ1n) is 6.70. The Morgan fingerprint density at radius 2 is 1.75 bits per heavy atom. The normalized spacial score (nSPS) is 19.9. The van der Waals surface area contributed by atoms with Gasteiger partial charge in [0.2, 0.25) is 0 Å². The molecule has 16 heavy (non-hydrogen) atoms. The summed E-state index contributed by atoms with van der Waals surface area (Å²) in [5, 5.41) is 9.47. The Hall–Kier alpha value is -0.120. The van der Waals surface area contributed by atoms with Gasteiger partial charge in [-0.3, -0.25) is 4.90 Å². The molecule has 1 aliphatic heterocycles. The van der Waals surface area contributed by atoms with Gasteiger partial charge in [-0.2, -0.15) is 0 Å². The molecular weight excluding hydrogens is 200 g/mol. The maximum Gasteiger partial charge on any atom is 0.0639 e. The summed E-state index contributed by atoms with van der Waals surface area (Å²) in [5.74, 6) is 0.678. The average molecular weight is 228 g/mol. The second-order valence-electron chi connectivity index (χ2n) is 5.55. The minimum Gasteiger partial charge on any atom is -0.392 e. The second-order valence-corrected chi connectivity index (χ2v) is 5.55. The zero-order valence-electron chi connectivity index (χ0n) is 11.2. The summed E-state index contributed by atoms with van der Waals surface area (Å²) in [4.78, 5) is 4.93. The van der Waals surface area contributed by atoms with Crippen molar-refractivity contribution in [1.29, 1.82) is 0 Å². The molecule has 1 heterocycles. The fraction of sp³-hybridized carbons (Fsp3) is 1.00. The van der Waals surface area contributed by atoms with Crippen molar-refractivity contribution in [2.75, 3.05) is 39.3 Å². The molecule has 0 amide bonds. The third kappa shape index (κ3) is 5.83. The van der Waals surface area contributed by atoms with Gasteiger partial charge in [0.15, 0.2) is 0 Å². The largest absolute Gasteiger partial charge is 0.392 e. The number of aliphatic hydroxyl groups excluding tert-OH is 1. The number of aliphatic hydroxyl groups is 1. The van der Waals surface area contributed by atoms with Gasteiger partial charge in [0.05, 0.1) is 6.10 Å². The lowest BCUT2D eigenvalue weighted by molar-refractivity contribution is 0.111. The maximum atomic E-state index is 9.47. The van der Waals surface area contributed by atoms with E-state index in [0.29, 0.717) is 5.92 Å². The molecule has 0 spiro atoms. The first-order valence-corrected chi connectivity index (χ1v) is 6.70. The van der Waals surface area contributed by atoms with Gasteiger partial charge in [0.1, 0.15) is 0 Å². The zero-order chi connectivity index (χ0) is 12.0. The van der Waals surface area contributed by atoms with Crippen molar-refractivity contribution < 1.29 is 5.11 Å². The number of rotatable bonds is 7. The summed E-state index contributed by atoms with van der Waals surface area (Å²) in [7, 11) is 0. The molecule has 1 fully saturated rings. The van der Waals surface area contributed by atoms with Crippen LogP contribution < -0.4 is 0 Å². The van der Waals surface area contributed by atoms with Gasteiger partial charge in [-0.1, -0.05) is 13.8 Å². The van der Waals surface area contributed by atoms with Crippen LogP contribution in [0.5, 0.6) is 0 Å². The summed E-state index contributed by atoms with van der Waals surface area (Å²) < 4.78 is 0. The standard InChI is InChI=1S/C13H28N2O/c1-12(2)10-15(11-13(3)16)9-8-14-6-4-5-7-14/h12-13,16H,4-11H2,1-3H3. The van der Waals surface area contributed by atoms with Gasteiger partial charge >= 0.3 is 0 Å². The highest BCUT2D eigenvalue weighted by Crippen LogP contribution is 2.07. The van der Waals surface area contributed by atoms with Gasteiger partial charge in [0, 0.05) is 26.2 Å². The van der Waals surface area contributed by atoms with Gasteiger partial charge in [0.25, 0.3) is 0 Å². The van der Waals surface area contributed by atoms with Gasteiger partial charge < -0.3 is 10.0 Å². The number of hydrogen-bond donors (Lipinski definition) is 1. The van der Waals surface area contributed by atoms with E-state index in [4.69, 9.17) is 0 Å². The SMILES string of the molecule is CC(C)CN(CCN1CCCC1)CC(C)O. The van der Waals surface area contributed by atoms with E-state index in [-0.39, 0.29) is 6.10 Å². The molecule has 0 saturated carbocycles. The second kappa shape index (κ2) is 7.25. The fourth-order valence-corrected chi connectivity index (χ4v) is 2.44. The monoisotopic (exact) mass is 228 g/mol. The Morgan fingerprint density at radius 3 is 2.25 bits per heavy atom. The Morgan fingerprint density at radius 1 is 1.12 bits per heavy atom. The molecular formula is C13H28N2O. The van der Waals surface area contributed by atoms with Crippen LogP contribution in [0, 0.1) is 5.92 Å². The summed E-state index contributed by atoms with van der Waals surface area (Å²) >= 11 is 0. The van der Waals surface area contributed by atoms with E-state index in [1.807, 2.05) is 6.92 Å². The van der Waals surface area contributed by atoms with Crippen LogP contribution in [0.15, 0.2) is 0 Å². The van der Waals surface area contributed by atoms with E-state index in [2.05, 4.69) is 23.6 Å². The predicted octanol–water partition coefficient (Wildman–Crippen LogP) is 1.42. The summed E-state index contributed by atoms with van der Waals surface area (Å²) in [6.07, 6.45) is 2.51. The number of nitrogens with zero attached hydrogens (tertiary/aromatic N) is 2. The van der Waals surface area contributed by atoms with Crippen LogP contribution in [0.25, 0.3) is 0 Å². The Bertz CT molecular complexity index is 167. The van der Waals surface area contributed by atoms with E-state index in [9.17, 15) is 5.11 Å². The number of hydrogen-bond acceptors (Lipinski definition) is 3. The molecule has 0 radical (unpaired) electrons. The minimum atomic E-state index is -0.211. The zero-order valence-corrected chi connectivity index (χ0v) is 11.2. The van der Waals surface area contributed by atoms with Crippen molar-refractivity contribution >= 4 is 0 Å². The summed E-state index contributed by atoms with van der Waals surface area (Å²) in [6, 6.07) is 0. The minimum absolute atomic E-state index is 0.211. The first kappa shape index (κ1) is 13.9. The van der Waals surface area contributed by atoms with Gasteiger partial charge in [-0.15, -0.1) is 0 Å². The smallest absolute Gasteiger partial charge is 0.0639 e. The molecule has 0 bridgehead atoms. The molecule has 0 aromatic rings. The molecule has 1 saturated heterocycles. The van der Waals surface area contributed by atoms with Crippen molar-refractivity contribution in [2.45, 2.75) is 39.7 Å². The fourth-order valence-electron chi connectivity index (χ4n) is 2.44. The maximum absolute atomic E-state index is 9.47. The first-order chi connectivity index (χ1) is 7.58. The topological polar surface area (TPSA) is 26.7 Å². The summed E-state index contributed by atoms with van der Waals surface area (Å²) in [6.45, 7) is 13.1. The molecule has 0 aliphatic carbocycles. The van der Waals surface area contributed by atoms with Crippen LogP contribution >= 0.6 is 0 Å². The molecule has 0 aromatic heterocycles. The van der Waals surface area contributed by atoms with E-state index in [1.165, 1.54) is 32.5 Å². The van der Waals surface area contributed by atoms with E-state index in [1.54, 1.807) is 0 Å². The lowest BCUT2D eigenvalue weighted by atomic mass is 10.2. The Labute approximate surface area is 100 Å². The molecule has 0 aromatic carbocycles. The van der Waals surface area contributed by atoms with Gasteiger partial charge in [-0.05, 0) is 38.8 Å². The van der Waals surface area contributed by atoms with E-state index >= 15 is 0 Å². The van der Waals surface area contributed by atoms with Crippen LogP contribution in [0.4, 0.5) is 0 Å². The van der Waals surface area contributed by atoms with Gasteiger partial charge in [-0.25, -0.2) is 0 Å². The van der Waals surface area contributed by atoms with E-state index in [0.717, 1.165) is 19.6 Å². The Balaban J connectivity index is 2.24. The predicted molar refractivity (Wildman–Crippen MR) is 68.6 cm³/mol. The molecule has 3 nitrogen and oxygen atoms in total. The molecule has 1 unspecified atom stereocenters. The van der Waals surface area contributed by atoms with Crippen LogP contribution in [0.1, 0.15) is 33.6 Å². The van der Waals surface area contributed by atoms with Crippen LogP contribution in [0.2, 0.25) is 0 Å². The quantitative estimate of drug-likeness (QED) is 0.714. The van der Waals surface area contributed by atoms with Crippen molar-refractivity contribution in [1.82, 2.24) is 9.80 Å². The number of likely N-dealkylation sites (tertiary alicyclic amines) is 1. The molecule has 96 valence electrons. The summed E-state index contributed by atoms with van der Waals surface area (Å²) in [5.41, 5.74) is 0. The third-order valence-electron chi connectivity index (χ3n) is 3.08. The van der Waals surface area contributed by atoms with E-state index < -0.39 is 0 Å². The van der Waals surface area contributed by atoms with Crippen molar-refractivity contribution in [2.24, 2.45) is 5.92 Å². The Kier molecular flexibility index (Phi) is 6.32. The average Bonchev–Trinajstić information content (AvgIpc) is 2.64. The highest BCUT2D eigenvalue weighted by Gasteiger charge is 2.14. The highest BCUT2D eigenvalue weighted by atomic mass is 16.3. The molecule has 1 aliphatic rings. The van der Waals surface area contributed by atoms with Crippen molar-refractivity contribution in [3.8, 4) is 0 Å².